The number of rotatable bonds is 2. The minimum atomic E-state index is 0.0239. The van der Waals surface area contributed by atoms with E-state index in [0.29, 0.717) is 11.3 Å². The number of hydrogen-bond acceptors (Lipinski definition) is 4. The molecule has 0 unspecified atom stereocenters. The molecule has 0 radical (unpaired) electrons. The van der Waals surface area contributed by atoms with Crippen molar-refractivity contribution in [1.29, 1.82) is 0 Å². The second-order valence-corrected chi connectivity index (χ2v) is 4.88. The first kappa shape index (κ1) is 12.8. The van der Waals surface area contributed by atoms with E-state index in [0.717, 1.165) is 31.3 Å². The van der Waals surface area contributed by atoms with E-state index in [1.165, 1.54) is 12.7 Å². The van der Waals surface area contributed by atoms with Crippen molar-refractivity contribution in [2.24, 2.45) is 0 Å². The van der Waals surface area contributed by atoms with Crippen molar-refractivity contribution >= 4 is 22.6 Å². The highest BCUT2D eigenvalue weighted by atomic mass is 16.2. The van der Waals surface area contributed by atoms with Crippen LogP contribution in [-0.4, -0.2) is 43.6 Å². The van der Waals surface area contributed by atoms with Gasteiger partial charge in [-0.05, 0) is 26.2 Å². The molecular weight excluding hydrogens is 254 g/mol. The summed E-state index contributed by atoms with van der Waals surface area (Å²) < 4.78 is 1.61. The molecule has 1 saturated heterocycles. The van der Waals surface area contributed by atoms with Gasteiger partial charge in [0.1, 0.15) is 12.0 Å². The van der Waals surface area contributed by atoms with Crippen molar-refractivity contribution in [3.8, 4) is 0 Å². The van der Waals surface area contributed by atoms with Gasteiger partial charge < -0.3 is 4.90 Å². The smallest absolute Gasteiger partial charge is 0.272 e. The molecule has 1 aliphatic rings. The zero-order valence-corrected chi connectivity index (χ0v) is 11.5. The van der Waals surface area contributed by atoms with Gasteiger partial charge in [0.25, 0.3) is 5.91 Å². The molecule has 0 aromatic carbocycles. The SMILES string of the molecule is CC=C(C(=O)N1CCCCC1)n1ncc2cncnc21. The highest BCUT2D eigenvalue weighted by Crippen LogP contribution is 2.18. The van der Waals surface area contributed by atoms with Gasteiger partial charge in [0.15, 0.2) is 5.65 Å². The van der Waals surface area contributed by atoms with Gasteiger partial charge in [0.05, 0.1) is 11.6 Å². The molecule has 0 bridgehead atoms. The number of fused-ring (bicyclic) bond motifs is 1. The lowest BCUT2D eigenvalue weighted by molar-refractivity contribution is -0.126. The first-order valence-electron chi connectivity index (χ1n) is 6.91. The van der Waals surface area contributed by atoms with Crippen LogP contribution in [0.2, 0.25) is 0 Å². The number of hydrogen-bond donors (Lipinski definition) is 0. The molecule has 0 aliphatic carbocycles. The van der Waals surface area contributed by atoms with Gasteiger partial charge in [-0.1, -0.05) is 6.08 Å². The molecule has 0 spiro atoms. The summed E-state index contributed by atoms with van der Waals surface area (Å²) in [6.07, 6.45) is 10.00. The van der Waals surface area contributed by atoms with Crippen LogP contribution in [0.4, 0.5) is 0 Å². The number of carbonyl (C=O) groups is 1. The summed E-state index contributed by atoms with van der Waals surface area (Å²) in [6, 6.07) is 0. The zero-order valence-electron chi connectivity index (χ0n) is 11.5. The quantitative estimate of drug-likeness (QED) is 0.780. The van der Waals surface area contributed by atoms with Gasteiger partial charge in [-0.15, -0.1) is 0 Å². The Kier molecular flexibility index (Phi) is 3.45. The van der Waals surface area contributed by atoms with Crippen LogP contribution in [0.5, 0.6) is 0 Å². The summed E-state index contributed by atoms with van der Waals surface area (Å²) >= 11 is 0. The molecule has 3 heterocycles. The molecular formula is C14H17N5O. The summed E-state index contributed by atoms with van der Waals surface area (Å²) in [6.45, 7) is 3.50. The van der Waals surface area contributed by atoms with Crippen LogP contribution in [0, 0.1) is 0 Å². The van der Waals surface area contributed by atoms with E-state index in [9.17, 15) is 4.79 Å². The van der Waals surface area contributed by atoms with Crippen LogP contribution in [0.3, 0.4) is 0 Å². The van der Waals surface area contributed by atoms with E-state index in [1.807, 2.05) is 11.8 Å². The lowest BCUT2D eigenvalue weighted by Gasteiger charge is -2.27. The fourth-order valence-corrected chi connectivity index (χ4v) is 2.55. The number of likely N-dealkylation sites (tertiary alicyclic amines) is 1. The fraction of sp³-hybridized carbons (Fsp3) is 0.429. The molecule has 1 fully saturated rings. The normalized spacial score (nSPS) is 16.6. The topological polar surface area (TPSA) is 63.9 Å². The Bertz CT molecular complexity index is 654. The number of amides is 1. The van der Waals surface area contributed by atoms with Crippen molar-refractivity contribution < 1.29 is 4.79 Å². The molecule has 20 heavy (non-hydrogen) atoms. The number of carbonyl (C=O) groups excluding carboxylic acids is 1. The van der Waals surface area contributed by atoms with Crippen molar-refractivity contribution in [2.45, 2.75) is 26.2 Å². The standard InChI is InChI=1S/C14H17N5O/c1-2-12(14(20)18-6-4-3-5-7-18)19-13-11(9-17-19)8-15-10-16-13/h2,8-10H,3-7H2,1H3. The van der Waals surface area contributed by atoms with Crippen LogP contribution in [0.1, 0.15) is 26.2 Å². The Balaban J connectivity index is 1.95. The molecule has 1 amide bonds. The van der Waals surface area contributed by atoms with E-state index in [2.05, 4.69) is 15.1 Å². The maximum Gasteiger partial charge on any atom is 0.272 e. The Labute approximate surface area is 117 Å². The van der Waals surface area contributed by atoms with E-state index < -0.39 is 0 Å². The number of aromatic nitrogens is 4. The van der Waals surface area contributed by atoms with E-state index in [-0.39, 0.29) is 5.91 Å². The predicted octanol–water partition coefficient (Wildman–Crippen LogP) is 1.70. The molecule has 6 heteroatoms. The summed E-state index contributed by atoms with van der Waals surface area (Å²) in [5.74, 6) is 0.0239. The van der Waals surface area contributed by atoms with Gasteiger partial charge in [0.2, 0.25) is 0 Å². The molecule has 0 N–H and O–H groups in total. The minimum absolute atomic E-state index is 0.0239. The first-order chi connectivity index (χ1) is 9.81. The van der Waals surface area contributed by atoms with Crippen molar-refractivity contribution in [3.63, 3.8) is 0 Å². The molecule has 6 nitrogen and oxygen atoms in total. The molecule has 2 aromatic rings. The minimum Gasteiger partial charge on any atom is -0.337 e. The van der Waals surface area contributed by atoms with Gasteiger partial charge in [-0.2, -0.15) is 5.10 Å². The molecule has 104 valence electrons. The lowest BCUT2D eigenvalue weighted by atomic mass is 10.1. The third-order valence-corrected chi connectivity index (χ3v) is 3.60. The third kappa shape index (κ3) is 2.17. The third-order valence-electron chi connectivity index (χ3n) is 3.60. The van der Waals surface area contributed by atoms with E-state index in [1.54, 1.807) is 23.2 Å². The lowest BCUT2D eigenvalue weighted by Crippen LogP contribution is -2.37. The van der Waals surface area contributed by atoms with Crippen LogP contribution >= 0.6 is 0 Å². The van der Waals surface area contributed by atoms with E-state index in [4.69, 9.17) is 0 Å². The average Bonchev–Trinajstić information content (AvgIpc) is 2.93. The number of piperidine rings is 1. The summed E-state index contributed by atoms with van der Waals surface area (Å²) in [7, 11) is 0. The van der Waals surface area contributed by atoms with Crippen LogP contribution in [0.15, 0.2) is 24.8 Å². The largest absolute Gasteiger partial charge is 0.337 e. The maximum absolute atomic E-state index is 12.6. The average molecular weight is 271 g/mol. The highest BCUT2D eigenvalue weighted by molar-refractivity contribution is 6.14. The molecule has 0 atom stereocenters. The van der Waals surface area contributed by atoms with E-state index >= 15 is 0 Å². The summed E-state index contributed by atoms with van der Waals surface area (Å²) in [4.78, 5) is 22.7. The van der Waals surface area contributed by atoms with Gasteiger partial charge in [-0.25, -0.2) is 14.6 Å². The summed E-state index contributed by atoms with van der Waals surface area (Å²) in [5.41, 5.74) is 1.22. The first-order valence-corrected chi connectivity index (χ1v) is 6.91. The zero-order chi connectivity index (χ0) is 13.9. The highest BCUT2D eigenvalue weighted by Gasteiger charge is 2.22. The molecule has 3 rings (SSSR count). The summed E-state index contributed by atoms with van der Waals surface area (Å²) in [5, 5.41) is 5.11. The van der Waals surface area contributed by atoms with Crippen LogP contribution < -0.4 is 0 Å². The second kappa shape index (κ2) is 5.40. The monoisotopic (exact) mass is 271 g/mol. The van der Waals surface area contributed by atoms with Crippen LogP contribution in [0.25, 0.3) is 16.7 Å². The van der Waals surface area contributed by atoms with Gasteiger partial charge in [-0.3, -0.25) is 4.79 Å². The number of allylic oxidation sites excluding steroid dienone is 1. The Morgan fingerprint density at radius 1 is 1.25 bits per heavy atom. The predicted molar refractivity (Wildman–Crippen MR) is 75.7 cm³/mol. The maximum atomic E-state index is 12.6. The number of nitrogens with zero attached hydrogens (tertiary/aromatic N) is 5. The Hall–Kier alpha value is -2.24. The van der Waals surface area contributed by atoms with Crippen molar-refractivity contribution in [1.82, 2.24) is 24.6 Å². The van der Waals surface area contributed by atoms with Gasteiger partial charge in [0, 0.05) is 19.3 Å². The molecule has 2 aromatic heterocycles. The van der Waals surface area contributed by atoms with Crippen molar-refractivity contribution in [2.75, 3.05) is 13.1 Å². The second-order valence-electron chi connectivity index (χ2n) is 4.88. The Morgan fingerprint density at radius 3 is 2.80 bits per heavy atom. The molecule has 1 aliphatic heterocycles. The Morgan fingerprint density at radius 2 is 2.05 bits per heavy atom. The van der Waals surface area contributed by atoms with Gasteiger partial charge >= 0.3 is 0 Å². The molecule has 0 saturated carbocycles. The van der Waals surface area contributed by atoms with Crippen molar-refractivity contribution in [3.05, 3.63) is 24.8 Å². The van der Waals surface area contributed by atoms with Crippen LogP contribution in [-0.2, 0) is 4.79 Å². The fourth-order valence-electron chi connectivity index (χ4n) is 2.55.